The van der Waals surface area contributed by atoms with Crippen molar-refractivity contribution in [1.29, 1.82) is 0 Å². The van der Waals surface area contributed by atoms with Crippen molar-refractivity contribution in [2.75, 3.05) is 17.6 Å². The third kappa shape index (κ3) is 3.62. The van der Waals surface area contributed by atoms with Gasteiger partial charge in [0, 0.05) is 12.7 Å². The minimum Gasteiger partial charge on any atom is -0.396 e. The molecule has 1 amide bonds. The van der Waals surface area contributed by atoms with Crippen molar-refractivity contribution in [3.63, 3.8) is 0 Å². The van der Waals surface area contributed by atoms with E-state index >= 15 is 0 Å². The van der Waals surface area contributed by atoms with Crippen LogP contribution in [0.1, 0.15) is 25.8 Å². The highest BCUT2D eigenvalue weighted by Gasteiger charge is 2.13. The van der Waals surface area contributed by atoms with Crippen LogP contribution in [0, 0.1) is 6.92 Å². The first-order chi connectivity index (χ1) is 8.06. The molecule has 0 radical (unpaired) electrons. The van der Waals surface area contributed by atoms with E-state index in [1.807, 2.05) is 19.9 Å². The van der Waals surface area contributed by atoms with Gasteiger partial charge in [-0.1, -0.05) is 6.92 Å². The summed E-state index contributed by atoms with van der Waals surface area (Å²) in [5.41, 5.74) is 7.41. The Morgan fingerprint density at radius 2 is 2.29 bits per heavy atom. The van der Waals surface area contributed by atoms with Gasteiger partial charge in [0.05, 0.1) is 5.69 Å². The Morgan fingerprint density at radius 3 is 2.94 bits per heavy atom. The van der Waals surface area contributed by atoms with Crippen LogP contribution in [-0.2, 0) is 4.79 Å². The van der Waals surface area contributed by atoms with Crippen LogP contribution < -0.4 is 16.4 Å². The van der Waals surface area contributed by atoms with Crippen molar-refractivity contribution in [3.8, 4) is 0 Å². The maximum absolute atomic E-state index is 11.7. The molecule has 0 aliphatic heterocycles. The molecule has 0 aliphatic rings. The SMILES string of the molecule is CCCNC(=O)C(C)Nc1nccc(C)c1N. The second-order valence-corrected chi connectivity index (χ2v) is 4.05. The van der Waals surface area contributed by atoms with Crippen molar-refractivity contribution in [3.05, 3.63) is 17.8 Å². The molecule has 94 valence electrons. The number of nitrogen functional groups attached to an aromatic ring is 1. The topological polar surface area (TPSA) is 80.0 Å². The van der Waals surface area contributed by atoms with E-state index in [1.54, 1.807) is 13.1 Å². The molecule has 0 fully saturated rings. The van der Waals surface area contributed by atoms with Gasteiger partial charge in [0.15, 0.2) is 0 Å². The summed E-state index contributed by atoms with van der Waals surface area (Å²) in [4.78, 5) is 15.8. The molecule has 17 heavy (non-hydrogen) atoms. The standard InChI is InChI=1S/C12H20N4O/c1-4-6-15-12(17)9(3)16-11-10(13)8(2)5-7-14-11/h5,7,9H,4,6,13H2,1-3H3,(H,14,16)(H,15,17). The summed E-state index contributed by atoms with van der Waals surface area (Å²) < 4.78 is 0. The van der Waals surface area contributed by atoms with Gasteiger partial charge in [0.2, 0.25) is 5.91 Å². The van der Waals surface area contributed by atoms with E-state index in [0.717, 1.165) is 12.0 Å². The lowest BCUT2D eigenvalue weighted by Gasteiger charge is -2.16. The highest BCUT2D eigenvalue weighted by molar-refractivity contribution is 5.85. The lowest BCUT2D eigenvalue weighted by atomic mass is 10.2. The maximum atomic E-state index is 11.7. The Morgan fingerprint density at radius 1 is 1.59 bits per heavy atom. The summed E-state index contributed by atoms with van der Waals surface area (Å²) >= 11 is 0. The summed E-state index contributed by atoms with van der Waals surface area (Å²) in [6.07, 6.45) is 2.59. The smallest absolute Gasteiger partial charge is 0.242 e. The second-order valence-electron chi connectivity index (χ2n) is 4.05. The van der Waals surface area contributed by atoms with Crippen LogP contribution in [0.3, 0.4) is 0 Å². The molecule has 1 atom stereocenters. The first-order valence-electron chi connectivity index (χ1n) is 5.81. The highest BCUT2D eigenvalue weighted by Crippen LogP contribution is 2.19. The predicted molar refractivity (Wildman–Crippen MR) is 69.8 cm³/mol. The van der Waals surface area contributed by atoms with Crippen LogP contribution in [0.25, 0.3) is 0 Å². The fourth-order valence-corrected chi connectivity index (χ4v) is 1.36. The number of carbonyl (C=O) groups excluding carboxylic acids is 1. The first-order valence-corrected chi connectivity index (χ1v) is 5.81. The van der Waals surface area contributed by atoms with Crippen LogP contribution in [0.5, 0.6) is 0 Å². The van der Waals surface area contributed by atoms with Crippen LogP contribution in [0.4, 0.5) is 11.5 Å². The molecule has 1 rings (SSSR count). The van der Waals surface area contributed by atoms with E-state index in [1.165, 1.54) is 0 Å². The summed E-state index contributed by atoms with van der Waals surface area (Å²) in [5, 5.41) is 5.83. The summed E-state index contributed by atoms with van der Waals surface area (Å²) in [6.45, 7) is 6.39. The molecule has 0 aliphatic carbocycles. The minimum absolute atomic E-state index is 0.0467. The Kier molecular flexibility index (Phi) is 4.75. The normalized spacial score (nSPS) is 11.9. The fraction of sp³-hybridized carbons (Fsp3) is 0.500. The van der Waals surface area contributed by atoms with Gasteiger partial charge >= 0.3 is 0 Å². The highest BCUT2D eigenvalue weighted by atomic mass is 16.2. The van der Waals surface area contributed by atoms with E-state index in [4.69, 9.17) is 5.73 Å². The molecule has 1 heterocycles. The van der Waals surface area contributed by atoms with Crippen molar-refractivity contribution >= 4 is 17.4 Å². The van der Waals surface area contributed by atoms with Gasteiger partial charge in [-0.2, -0.15) is 0 Å². The van der Waals surface area contributed by atoms with Crippen molar-refractivity contribution in [2.24, 2.45) is 0 Å². The summed E-state index contributed by atoms with van der Waals surface area (Å²) in [5.74, 6) is 0.513. The number of rotatable bonds is 5. The van der Waals surface area contributed by atoms with Crippen molar-refractivity contribution < 1.29 is 4.79 Å². The Hall–Kier alpha value is -1.78. The van der Waals surface area contributed by atoms with Crippen molar-refractivity contribution in [1.82, 2.24) is 10.3 Å². The number of nitrogens with one attached hydrogen (secondary N) is 2. The molecule has 5 heteroatoms. The van der Waals surface area contributed by atoms with Crippen LogP contribution in [0.15, 0.2) is 12.3 Å². The molecule has 0 saturated heterocycles. The van der Waals surface area contributed by atoms with Gasteiger partial charge in [0.1, 0.15) is 11.9 Å². The number of nitrogens with zero attached hydrogens (tertiary/aromatic N) is 1. The van der Waals surface area contributed by atoms with Gasteiger partial charge in [-0.05, 0) is 31.9 Å². The van der Waals surface area contributed by atoms with Crippen LogP contribution in [-0.4, -0.2) is 23.5 Å². The largest absolute Gasteiger partial charge is 0.396 e. The predicted octanol–water partition coefficient (Wildman–Crippen LogP) is 1.30. The van der Waals surface area contributed by atoms with Gasteiger partial charge in [-0.15, -0.1) is 0 Å². The average Bonchev–Trinajstić information content (AvgIpc) is 2.31. The molecule has 1 aromatic rings. The number of amides is 1. The zero-order chi connectivity index (χ0) is 12.8. The Labute approximate surface area is 102 Å². The molecule has 5 nitrogen and oxygen atoms in total. The zero-order valence-electron chi connectivity index (χ0n) is 10.6. The van der Waals surface area contributed by atoms with E-state index in [2.05, 4.69) is 15.6 Å². The number of aromatic nitrogens is 1. The third-order valence-corrected chi connectivity index (χ3v) is 2.50. The number of hydrogen-bond donors (Lipinski definition) is 3. The summed E-state index contributed by atoms with van der Waals surface area (Å²) in [6, 6.07) is 1.49. The molecule has 0 spiro atoms. The summed E-state index contributed by atoms with van der Waals surface area (Å²) in [7, 11) is 0. The number of pyridine rings is 1. The number of nitrogens with two attached hydrogens (primary N) is 1. The van der Waals surface area contributed by atoms with Gasteiger partial charge in [-0.25, -0.2) is 4.98 Å². The van der Waals surface area contributed by atoms with Crippen LogP contribution in [0.2, 0.25) is 0 Å². The van der Waals surface area contributed by atoms with Gasteiger partial charge < -0.3 is 16.4 Å². The quantitative estimate of drug-likeness (QED) is 0.720. The zero-order valence-corrected chi connectivity index (χ0v) is 10.6. The molecule has 1 aromatic heterocycles. The first kappa shape index (κ1) is 13.3. The van der Waals surface area contributed by atoms with E-state index in [0.29, 0.717) is 18.1 Å². The number of carbonyl (C=O) groups is 1. The molecule has 0 saturated carbocycles. The minimum atomic E-state index is -0.349. The third-order valence-electron chi connectivity index (χ3n) is 2.50. The lowest BCUT2D eigenvalue weighted by molar-refractivity contribution is -0.121. The van der Waals surface area contributed by atoms with E-state index in [-0.39, 0.29) is 11.9 Å². The molecule has 4 N–H and O–H groups in total. The lowest BCUT2D eigenvalue weighted by Crippen LogP contribution is -2.38. The van der Waals surface area contributed by atoms with Crippen molar-refractivity contribution in [2.45, 2.75) is 33.2 Å². The van der Waals surface area contributed by atoms with Gasteiger partial charge in [0.25, 0.3) is 0 Å². The maximum Gasteiger partial charge on any atom is 0.242 e. The average molecular weight is 236 g/mol. The molecular formula is C12H20N4O. The monoisotopic (exact) mass is 236 g/mol. The van der Waals surface area contributed by atoms with Gasteiger partial charge in [-0.3, -0.25) is 4.79 Å². The second kappa shape index (κ2) is 6.08. The fourth-order valence-electron chi connectivity index (χ4n) is 1.36. The van der Waals surface area contributed by atoms with Crippen LogP contribution >= 0.6 is 0 Å². The number of aryl methyl sites for hydroxylation is 1. The Balaban J connectivity index is 2.64. The Bertz CT molecular complexity index is 392. The van der Waals surface area contributed by atoms with E-state index < -0.39 is 0 Å². The molecular weight excluding hydrogens is 216 g/mol. The van der Waals surface area contributed by atoms with E-state index in [9.17, 15) is 4.79 Å². The number of anilines is 2. The molecule has 1 unspecified atom stereocenters. The molecule has 0 aromatic carbocycles. The number of hydrogen-bond acceptors (Lipinski definition) is 4. The molecule has 0 bridgehead atoms.